The average molecular weight is 398 g/mol. The van der Waals surface area contributed by atoms with Crippen LogP contribution in [0.4, 0.5) is 18.9 Å². The zero-order valence-electron chi connectivity index (χ0n) is 13.8. The van der Waals surface area contributed by atoms with E-state index in [1.54, 1.807) is 0 Å². The Kier molecular flexibility index (Phi) is 4.79. The first-order valence-corrected chi connectivity index (χ1v) is 8.92. The summed E-state index contributed by atoms with van der Waals surface area (Å²) in [6.07, 6.45) is -2.21. The second kappa shape index (κ2) is 6.91. The van der Waals surface area contributed by atoms with Crippen molar-refractivity contribution in [1.29, 1.82) is 0 Å². The highest BCUT2D eigenvalue weighted by Gasteiger charge is 2.32. The maximum absolute atomic E-state index is 13.1. The van der Waals surface area contributed by atoms with Crippen LogP contribution in [0.3, 0.4) is 0 Å². The Morgan fingerprint density at radius 1 is 1.11 bits per heavy atom. The number of anilines is 1. The van der Waals surface area contributed by atoms with Gasteiger partial charge in [0.25, 0.3) is 10.0 Å². The number of aromatic nitrogens is 3. The van der Waals surface area contributed by atoms with Crippen molar-refractivity contribution in [3.05, 3.63) is 60.7 Å². The van der Waals surface area contributed by atoms with Crippen molar-refractivity contribution in [1.82, 2.24) is 14.8 Å². The van der Waals surface area contributed by atoms with E-state index in [1.807, 2.05) is 0 Å². The number of sulfonamides is 1. The van der Waals surface area contributed by atoms with Gasteiger partial charge in [0.05, 0.1) is 28.9 Å². The number of hydrogen-bond acceptors (Lipinski definition) is 5. The average Bonchev–Trinajstić information content (AvgIpc) is 3.15. The molecule has 3 aromatic rings. The van der Waals surface area contributed by atoms with E-state index >= 15 is 0 Å². The van der Waals surface area contributed by atoms with Crippen LogP contribution in [0.5, 0.6) is 5.75 Å². The van der Waals surface area contributed by atoms with Crippen LogP contribution < -0.4 is 9.46 Å². The topological polar surface area (TPSA) is 86.1 Å². The van der Waals surface area contributed by atoms with Gasteiger partial charge >= 0.3 is 6.18 Å². The summed E-state index contributed by atoms with van der Waals surface area (Å²) < 4.78 is 72.7. The monoisotopic (exact) mass is 398 g/mol. The summed E-state index contributed by atoms with van der Waals surface area (Å²) in [5, 5.41) is 3.84. The fraction of sp³-hybridized carbons (Fsp3) is 0.125. The van der Waals surface area contributed by atoms with Gasteiger partial charge in [0.1, 0.15) is 18.4 Å². The number of nitrogens with one attached hydrogen (secondary N) is 1. The van der Waals surface area contributed by atoms with E-state index in [0.29, 0.717) is 11.8 Å². The van der Waals surface area contributed by atoms with Gasteiger partial charge in [0.2, 0.25) is 0 Å². The Bertz CT molecular complexity index is 1030. The maximum atomic E-state index is 13.1. The first-order valence-electron chi connectivity index (χ1n) is 7.44. The molecule has 0 saturated carbocycles. The molecule has 0 aliphatic rings. The molecule has 0 amide bonds. The summed E-state index contributed by atoms with van der Waals surface area (Å²) in [5.41, 5.74) is -1.19. The van der Waals surface area contributed by atoms with Crippen molar-refractivity contribution >= 4 is 15.7 Å². The minimum atomic E-state index is -4.64. The molecule has 142 valence electrons. The van der Waals surface area contributed by atoms with Gasteiger partial charge in [-0.1, -0.05) is 0 Å². The predicted molar refractivity (Wildman–Crippen MR) is 90.2 cm³/mol. The highest BCUT2D eigenvalue weighted by Crippen LogP contribution is 2.34. The lowest BCUT2D eigenvalue weighted by atomic mass is 10.1. The summed E-state index contributed by atoms with van der Waals surface area (Å²) in [5.74, 6) is 0.441. The Morgan fingerprint density at radius 2 is 1.81 bits per heavy atom. The van der Waals surface area contributed by atoms with E-state index in [2.05, 4.69) is 14.8 Å². The maximum Gasteiger partial charge on any atom is 0.416 e. The molecule has 11 heteroatoms. The lowest BCUT2D eigenvalue weighted by Gasteiger charge is -2.15. The summed E-state index contributed by atoms with van der Waals surface area (Å²) in [6.45, 7) is 0. The predicted octanol–water partition coefficient (Wildman–Crippen LogP) is 3.10. The first kappa shape index (κ1) is 18.7. The van der Waals surface area contributed by atoms with Crippen LogP contribution in [0.15, 0.2) is 60.0 Å². The SMILES string of the molecule is COc1ccc(S(=O)(=O)Nc2cc(C(F)(F)F)ccc2-n2cncn2)cc1. The minimum Gasteiger partial charge on any atom is -0.497 e. The lowest BCUT2D eigenvalue weighted by molar-refractivity contribution is -0.137. The molecule has 0 radical (unpaired) electrons. The molecule has 0 atom stereocenters. The molecule has 3 rings (SSSR count). The molecule has 7 nitrogen and oxygen atoms in total. The largest absolute Gasteiger partial charge is 0.497 e. The molecule has 0 fully saturated rings. The molecule has 0 bridgehead atoms. The van der Waals surface area contributed by atoms with E-state index in [0.717, 1.165) is 16.8 Å². The van der Waals surface area contributed by atoms with Gasteiger partial charge in [-0.25, -0.2) is 18.1 Å². The van der Waals surface area contributed by atoms with Crippen LogP contribution in [-0.4, -0.2) is 30.3 Å². The third-order valence-electron chi connectivity index (χ3n) is 3.60. The number of hydrogen-bond donors (Lipinski definition) is 1. The number of nitrogens with zero attached hydrogens (tertiary/aromatic N) is 3. The van der Waals surface area contributed by atoms with Crippen molar-refractivity contribution in [2.45, 2.75) is 11.1 Å². The number of benzene rings is 2. The first-order chi connectivity index (χ1) is 12.7. The molecule has 27 heavy (non-hydrogen) atoms. The second-order valence-electron chi connectivity index (χ2n) is 5.35. The minimum absolute atomic E-state index is 0.0950. The van der Waals surface area contributed by atoms with E-state index < -0.39 is 21.8 Å². The third-order valence-corrected chi connectivity index (χ3v) is 4.98. The van der Waals surface area contributed by atoms with Crippen LogP contribution in [0, 0.1) is 0 Å². The van der Waals surface area contributed by atoms with Crippen molar-refractivity contribution in [3.8, 4) is 11.4 Å². The van der Waals surface area contributed by atoms with Gasteiger partial charge < -0.3 is 4.74 Å². The molecular formula is C16H13F3N4O3S. The molecule has 1 aromatic heterocycles. The highest BCUT2D eigenvalue weighted by atomic mass is 32.2. The third kappa shape index (κ3) is 4.03. The molecule has 0 aliphatic carbocycles. The van der Waals surface area contributed by atoms with Gasteiger partial charge in [-0.2, -0.15) is 18.3 Å². The Morgan fingerprint density at radius 3 is 2.37 bits per heavy atom. The van der Waals surface area contributed by atoms with Crippen LogP contribution in [0.25, 0.3) is 5.69 Å². The van der Waals surface area contributed by atoms with Crippen LogP contribution in [0.1, 0.15) is 5.56 Å². The Hall–Kier alpha value is -3.08. The summed E-state index contributed by atoms with van der Waals surface area (Å²) in [7, 11) is -2.72. The van der Waals surface area contributed by atoms with Gasteiger partial charge in [-0.05, 0) is 42.5 Å². The zero-order valence-corrected chi connectivity index (χ0v) is 14.6. The number of ether oxygens (including phenoxy) is 1. The fourth-order valence-electron chi connectivity index (χ4n) is 2.29. The summed E-state index contributed by atoms with van der Waals surface area (Å²) in [6, 6.07) is 8.08. The van der Waals surface area contributed by atoms with E-state index in [1.165, 1.54) is 44.0 Å². The molecule has 0 spiro atoms. The highest BCUT2D eigenvalue weighted by molar-refractivity contribution is 7.92. The van der Waals surface area contributed by atoms with Crippen LogP contribution in [0.2, 0.25) is 0 Å². The standard InChI is InChI=1S/C16H13F3N4O3S/c1-26-12-3-5-13(6-4-12)27(24,25)22-14-8-11(16(17,18)19)2-7-15(14)23-10-20-9-21-23/h2-10,22H,1H3. The quantitative estimate of drug-likeness (QED) is 0.714. The van der Waals surface area contributed by atoms with Crippen LogP contribution >= 0.6 is 0 Å². The number of methoxy groups -OCH3 is 1. The molecule has 0 aliphatic heterocycles. The van der Waals surface area contributed by atoms with Gasteiger partial charge in [0, 0.05) is 0 Å². The normalized spacial score (nSPS) is 12.0. The number of alkyl halides is 3. The molecule has 0 unspecified atom stereocenters. The van der Waals surface area contributed by atoms with Crippen molar-refractivity contribution in [3.63, 3.8) is 0 Å². The van der Waals surface area contributed by atoms with E-state index in [9.17, 15) is 21.6 Å². The van der Waals surface area contributed by atoms with Gasteiger partial charge in [-0.15, -0.1) is 0 Å². The second-order valence-corrected chi connectivity index (χ2v) is 7.03. The number of halogens is 3. The van der Waals surface area contributed by atoms with Crippen LogP contribution in [-0.2, 0) is 16.2 Å². The fourth-order valence-corrected chi connectivity index (χ4v) is 3.35. The van der Waals surface area contributed by atoms with Crippen molar-refractivity contribution in [2.24, 2.45) is 0 Å². The van der Waals surface area contributed by atoms with Gasteiger partial charge in [-0.3, -0.25) is 4.72 Å². The van der Waals surface area contributed by atoms with Crippen molar-refractivity contribution in [2.75, 3.05) is 11.8 Å². The molecule has 1 N–H and O–H groups in total. The lowest BCUT2D eigenvalue weighted by Crippen LogP contribution is -2.16. The molecule has 2 aromatic carbocycles. The molecular weight excluding hydrogens is 385 g/mol. The van der Waals surface area contributed by atoms with E-state index in [4.69, 9.17) is 4.74 Å². The van der Waals surface area contributed by atoms with Crippen molar-refractivity contribution < 1.29 is 26.3 Å². The smallest absolute Gasteiger partial charge is 0.416 e. The molecule has 1 heterocycles. The summed E-state index contributed by atoms with van der Waals surface area (Å²) in [4.78, 5) is 3.59. The number of rotatable bonds is 5. The zero-order chi connectivity index (χ0) is 19.7. The van der Waals surface area contributed by atoms with E-state index in [-0.39, 0.29) is 16.3 Å². The molecule has 0 saturated heterocycles. The Balaban J connectivity index is 2.05. The Labute approximate surface area is 152 Å². The van der Waals surface area contributed by atoms with Gasteiger partial charge in [0.15, 0.2) is 0 Å². The summed E-state index contributed by atoms with van der Waals surface area (Å²) >= 11 is 0.